The fraction of sp³-hybridized carbons (Fsp3) is 0.600. The van der Waals surface area contributed by atoms with Gasteiger partial charge in [0, 0.05) is 13.2 Å². The van der Waals surface area contributed by atoms with Crippen molar-refractivity contribution in [1.29, 1.82) is 0 Å². The molecule has 2 N–H and O–H groups in total. The first-order valence-electron chi connectivity index (χ1n) is 5.65. The number of carbonyl (C=O) groups excluding carboxylic acids is 1. The van der Waals surface area contributed by atoms with E-state index in [1.165, 1.54) is 10.9 Å². The number of aromatic carboxylic acids is 1. The van der Waals surface area contributed by atoms with Crippen molar-refractivity contribution in [3.05, 3.63) is 11.9 Å². The summed E-state index contributed by atoms with van der Waals surface area (Å²) in [4.78, 5) is 22.2. The number of carboxylic acids is 1. The van der Waals surface area contributed by atoms with Gasteiger partial charge in [-0.25, -0.2) is 9.48 Å². The molecular formula is C10H14N4O4. The summed E-state index contributed by atoms with van der Waals surface area (Å²) in [5.41, 5.74) is -0.106. The Bertz CT molecular complexity index is 439. The SMILES string of the molecule is O=C(O)c1cn(CCNC(=O)C2CCOC2)nn1. The standard InChI is InChI=1S/C10H14N4O4/c15-9(7-1-4-18-6-7)11-2-3-14-5-8(10(16)17)12-13-14/h5,7H,1-4,6H2,(H,11,15)(H,16,17). The minimum absolute atomic E-state index is 0.0360. The lowest BCUT2D eigenvalue weighted by molar-refractivity contribution is -0.124. The van der Waals surface area contributed by atoms with Gasteiger partial charge in [-0.3, -0.25) is 4.79 Å². The highest BCUT2D eigenvalue weighted by Gasteiger charge is 2.22. The molecule has 1 atom stereocenters. The average Bonchev–Trinajstić information content (AvgIpc) is 3.00. The quantitative estimate of drug-likeness (QED) is 0.707. The molecule has 1 aliphatic rings. The van der Waals surface area contributed by atoms with Crippen LogP contribution < -0.4 is 5.32 Å². The molecule has 0 aliphatic carbocycles. The van der Waals surface area contributed by atoms with E-state index in [2.05, 4.69) is 15.6 Å². The fourth-order valence-corrected chi connectivity index (χ4v) is 1.68. The van der Waals surface area contributed by atoms with Crippen molar-refractivity contribution < 1.29 is 19.4 Å². The van der Waals surface area contributed by atoms with Crippen LogP contribution in [0.4, 0.5) is 0 Å². The molecule has 1 aromatic heterocycles. The molecule has 1 unspecified atom stereocenters. The van der Waals surface area contributed by atoms with E-state index in [-0.39, 0.29) is 17.5 Å². The van der Waals surface area contributed by atoms with Gasteiger partial charge >= 0.3 is 5.97 Å². The minimum atomic E-state index is -1.12. The lowest BCUT2D eigenvalue weighted by Crippen LogP contribution is -2.33. The van der Waals surface area contributed by atoms with Crippen molar-refractivity contribution in [2.24, 2.45) is 5.92 Å². The van der Waals surface area contributed by atoms with Crippen LogP contribution in [-0.2, 0) is 16.1 Å². The van der Waals surface area contributed by atoms with Gasteiger partial charge in [0.25, 0.3) is 0 Å². The van der Waals surface area contributed by atoms with Gasteiger partial charge in [0.15, 0.2) is 5.69 Å². The van der Waals surface area contributed by atoms with Crippen LogP contribution in [-0.4, -0.2) is 51.7 Å². The number of ether oxygens (including phenoxy) is 1. The number of rotatable bonds is 5. The molecule has 1 fully saturated rings. The van der Waals surface area contributed by atoms with Gasteiger partial charge < -0.3 is 15.2 Å². The van der Waals surface area contributed by atoms with Crippen LogP contribution in [0.3, 0.4) is 0 Å². The van der Waals surface area contributed by atoms with Crippen molar-refractivity contribution in [3.8, 4) is 0 Å². The molecule has 18 heavy (non-hydrogen) atoms. The van der Waals surface area contributed by atoms with Gasteiger partial charge in [0.1, 0.15) is 0 Å². The maximum atomic E-state index is 11.6. The summed E-state index contributed by atoms with van der Waals surface area (Å²) < 4.78 is 6.50. The molecule has 1 aromatic rings. The predicted octanol–water partition coefficient (Wildman–Crippen LogP) is -0.871. The summed E-state index contributed by atoms with van der Waals surface area (Å²) in [5.74, 6) is -1.23. The third-order valence-corrected chi connectivity index (χ3v) is 2.70. The highest BCUT2D eigenvalue weighted by Crippen LogP contribution is 2.11. The van der Waals surface area contributed by atoms with E-state index in [1.807, 2.05) is 0 Å². The van der Waals surface area contributed by atoms with Crippen molar-refractivity contribution in [3.63, 3.8) is 0 Å². The summed E-state index contributed by atoms with van der Waals surface area (Å²) in [6.45, 7) is 1.87. The summed E-state index contributed by atoms with van der Waals surface area (Å²) in [5, 5.41) is 18.5. The third kappa shape index (κ3) is 3.04. The summed E-state index contributed by atoms with van der Waals surface area (Å²) in [6.07, 6.45) is 2.07. The Balaban J connectivity index is 1.74. The fourth-order valence-electron chi connectivity index (χ4n) is 1.68. The van der Waals surface area contributed by atoms with E-state index < -0.39 is 5.97 Å². The number of carbonyl (C=O) groups is 2. The van der Waals surface area contributed by atoms with Crippen LogP contribution in [0, 0.1) is 5.92 Å². The first kappa shape index (κ1) is 12.5. The second-order valence-corrected chi connectivity index (χ2v) is 4.02. The first-order valence-corrected chi connectivity index (χ1v) is 5.65. The predicted molar refractivity (Wildman–Crippen MR) is 58.9 cm³/mol. The smallest absolute Gasteiger partial charge is 0.358 e. The highest BCUT2D eigenvalue weighted by atomic mass is 16.5. The number of nitrogens with zero attached hydrogens (tertiary/aromatic N) is 3. The van der Waals surface area contributed by atoms with Crippen LogP contribution >= 0.6 is 0 Å². The molecule has 0 bridgehead atoms. The molecule has 8 heteroatoms. The molecule has 0 spiro atoms. The molecule has 8 nitrogen and oxygen atoms in total. The first-order chi connectivity index (χ1) is 8.66. The molecule has 2 heterocycles. The highest BCUT2D eigenvalue weighted by molar-refractivity contribution is 5.84. The lowest BCUT2D eigenvalue weighted by Gasteiger charge is -2.08. The number of carboxylic acid groups (broad SMARTS) is 1. The summed E-state index contributed by atoms with van der Waals surface area (Å²) in [6, 6.07) is 0. The maximum Gasteiger partial charge on any atom is 0.358 e. The minimum Gasteiger partial charge on any atom is -0.476 e. The largest absolute Gasteiger partial charge is 0.476 e. The van der Waals surface area contributed by atoms with Gasteiger partial charge in [-0.15, -0.1) is 5.10 Å². The number of aromatic nitrogens is 3. The van der Waals surface area contributed by atoms with Crippen LogP contribution in [0.5, 0.6) is 0 Å². The van der Waals surface area contributed by atoms with Crippen molar-refractivity contribution in [2.45, 2.75) is 13.0 Å². The molecule has 1 aliphatic heterocycles. The van der Waals surface area contributed by atoms with E-state index >= 15 is 0 Å². The maximum absolute atomic E-state index is 11.6. The number of nitrogens with one attached hydrogen (secondary N) is 1. The molecule has 0 aromatic carbocycles. The van der Waals surface area contributed by atoms with Crippen molar-refractivity contribution in [1.82, 2.24) is 20.3 Å². The molecule has 0 saturated carbocycles. The van der Waals surface area contributed by atoms with Gasteiger partial charge in [-0.1, -0.05) is 5.21 Å². The van der Waals surface area contributed by atoms with Gasteiger partial charge in [0.2, 0.25) is 5.91 Å². The van der Waals surface area contributed by atoms with Gasteiger partial charge in [0.05, 0.1) is 25.3 Å². The Kier molecular flexibility index (Phi) is 3.88. The molecule has 1 amide bonds. The Morgan fingerprint density at radius 2 is 2.44 bits per heavy atom. The van der Waals surface area contributed by atoms with Gasteiger partial charge in [-0.05, 0) is 6.42 Å². The van der Waals surface area contributed by atoms with Crippen molar-refractivity contribution >= 4 is 11.9 Å². The Morgan fingerprint density at radius 3 is 3.06 bits per heavy atom. The second kappa shape index (κ2) is 5.58. The third-order valence-electron chi connectivity index (χ3n) is 2.70. The Labute approximate surface area is 103 Å². The van der Waals surface area contributed by atoms with E-state index in [0.29, 0.717) is 26.3 Å². The monoisotopic (exact) mass is 254 g/mol. The molecule has 0 radical (unpaired) electrons. The Morgan fingerprint density at radius 1 is 1.61 bits per heavy atom. The van der Waals surface area contributed by atoms with Crippen molar-refractivity contribution in [2.75, 3.05) is 19.8 Å². The number of hydrogen-bond acceptors (Lipinski definition) is 5. The summed E-state index contributed by atoms with van der Waals surface area (Å²) in [7, 11) is 0. The normalized spacial score (nSPS) is 18.8. The zero-order valence-electron chi connectivity index (χ0n) is 9.70. The van der Waals surface area contributed by atoms with Crippen LogP contribution in [0.1, 0.15) is 16.9 Å². The van der Waals surface area contributed by atoms with Crippen LogP contribution in [0.2, 0.25) is 0 Å². The van der Waals surface area contributed by atoms with E-state index in [4.69, 9.17) is 9.84 Å². The zero-order valence-corrected chi connectivity index (χ0v) is 9.70. The topological polar surface area (TPSA) is 106 Å². The number of hydrogen-bond donors (Lipinski definition) is 2. The van der Waals surface area contributed by atoms with E-state index in [9.17, 15) is 9.59 Å². The summed E-state index contributed by atoms with van der Waals surface area (Å²) >= 11 is 0. The lowest BCUT2D eigenvalue weighted by atomic mass is 10.1. The van der Waals surface area contributed by atoms with Crippen LogP contribution in [0.15, 0.2) is 6.20 Å². The molecular weight excluding hydrogens is 240 g/mol. The van der Waals surface area contributed by atoms with E-state index in [0.717, 1.165) is 6.42 Å². The second-order valence-electron chi connectivity index (χ2n) is 4.02. The van der Waals surface area contributed by atoms with Gasteiger partial charge in [-0.2, -0.15) is 0 Å². The van der Waals surface area contributed by atoms with Crippen LogP contribution in [0.25, 0.3) is 0 Å². The average molecular weight is 254 g/mol. The van der Waals surface area contributed by atoms with E-state index in [1.54, 1.807) is 0 Å². The molecule has 1 saturated heterocycles. The molecule has 98 valence electrons. The molecule has 2 rings (SSSR count). The Hall–Kier alpha value is -1.96. The zero-order chi connectivity index (χ0) is 13.0. The number of amides is 1.